The van der Waals surface area contributed by atoms with Crippen LogP contribution in [-0.4, -0.2) is 81.8 Å². The van der Waals surface area contributed by atoms with E-state index >= 15 is 0 Å². The summed E-state index contributed by atoms with van der Waals surface area (Å²) in [5.74, 6) is -3.10. The zero-order valence-corrected chi connectivity index (χ0v) is 16.6. The SMILES string of the molecule is CN(C)C[C@]12COC[C@H]1CN(S(=O)(=O)c1cccc(F)c1)C2.O=C(O)C(F)(F)F. The number of fused-ring (bicyclic) bond motifs is 1. The molecule has 0 amide bonds. The van der Waals surface area contributed by atoms with E-state index in [1.807, 2.05) is 14.1 Å². The van der Waals surface area contributed by atoms with Gasteiger partial charge in [0.05, 0.1) is 18.1 Å². The Labute approximate surface area is 165 Å². The van der Waals surface area contributed by atoms with Gasteiger partial charge in [-0.25, -0.2) is 17.6 Å². The smallest absolute Gasteiger partial charge is 0.475 e. The number of aliphatic carboxylic acids is 1. The van der Waals surface area contributed by atoms with Crippen molar-refractivity contribution in [2.75, 3.05) is 46.9 Å². The number of nitrogens with zero attached hydrogens (tertiary/aromatic N) is 2. The van der Waals surface area contributed by atoms with Crippen LogP contribution in [0.25, 0.3) is 0 Å². The number of carbonyl (C=O) groups is 1. The molecule has 2 fully saturated rings. The Bertz CT molecular complexity index is 846. The molecule has 0 aliphatic carbocycles. The fourth-order valence-corrected chi connectivity index (χ4v) is 5.21. The Hall–Kier alpha value is -1.76. The van der Waals surface area contributed by atoms with Gasteiger partial charge in [-0.1, -0.05) is 6.07 Å². The van der Waals surface area contributed by atoms with Crippen molar-refractivity contribution in [2.45, 2.75) is 11.1 Å². The lowest BCUT2D eigenvalue weighted by Crippen LogP contribution is -2.41. The van der Waals surface area contributed by atoms with E-state index in [9.17, 15) is 26.0 Å². The monoisotopic (exact) mass is 442 g/mol. The van der Waals surface area contributed by atoms with Gasteiger partial charge in [-0.05, 0) is 32.3 Å². The van der Waals surface area contributed by atoms with Crippen LogP contribution in [0.15, 0.2) is 29.2 Å². The molecule has 0 radical (unpaired) electrons. The second-order valence-electron chi connectivity index (χ2n) is 7.37. The first-order valence-electron chi connectivity index (χ1n) is 8.56. The van der Waals surface area contributed by atoms with E-state index in [-0.39, 0.29) is 16.2 Å². The lowest BCUT2D eigenvalue weighted by Gasteiger charge is -2.30. The van der Waals surface area contributed by atoms with Crippen molar-refractivity contribution in [3.63, 3.8) is 0 Å². The van der Waals surface area contributed by atoms with Gasteiger partial charge in [0.15, 0.2) is 0 Å². The maximum Gasteiger partial charge on any atom is 0.490 e. The topological polar surface area (TPSA) is 87.2 Å². The fraction of sp³-hybridized carbons (Fsp3) is 0.588. The molecule has 7 nitrogen and oxygen atoms in total. The van der Waals surface area contributed by atoms with Gasteiger partial charge < -0.3 is 14.7 Å². The molecular weight excluding hydrogens is 420 g/mol. The second kappa shape index (κ2) is 8.54. The highest BCUT2D eigenvalue weighted by Crippen LogP contribution is 2.43. The van der Waals surface area contributed by atoms with Crippen LogP contribution in [0.4, 0.5) is 17.6 Å². The van der Waals surface area contributed by atoms with Crippen molar-refractivity contribution in [3.05, 3.63) is 30.1 Å². The van der Waals surface area contributed by atoms with Crippen molar-refractivity contribution in [1.29, 1.82) is 0 Å². The predicted molar refractivity (Wildman–Crippen MR) is 94.1 cm³/mol. The lowest BCUT2D eigenvalue weighted by atomic mass is 9.81. The highest BCUT2D eigenvalue weighted by atomic mass is 32.2. The van der Waals surface area contributed by atoms with Crippen molar-refractivity contribution in [1.82, 2.24) is 9.21 Å². The third-order valence-corrected chi connectivity index (χ3v) is 6.60. The number of benzene rings is 1. The summed E-state index contributed by atoms with van der Waals surface area (Å²) in [4.78, 5) is 11.0. The Morgan fingerprint density at radius 1 is 1.38 bits per heavy atom. The first kappa shape index (κ1) is 23.5. The summed E-state index contributed by atoms with van der Waals surface area (Å²) in [6.45, 7) is 2.81. The van der Waals surface area contributed by atoms with E-state index in [1.54, 1.807) is 0 Å². The van der Waals surface area contributed by atoms with Crippen molar-refractivity contribution in [2.24, 2.45) is 11.3 Å². The quantitative estimate of drug-likeness (QED) is 0.714. The second-order valence-corrected chi connectivity index (χ2v) is 9.31. The maximum atomic E-state index is 13.4. The molecule has 0 spiro atoms. The lowest BCUT2D eigenvalue weighted by molar-refractivity contribution is -0.192. The van der Waals surface area contributed by atoms with E-state index in [1.165, 1.54) is 22.5 Å². The molecule has 12 heteroatoms. The summed E-state index contributed by atoms with van der Waals surface area (Å²) in [5, 5.41) is 7.12. The number of hydrogen-bond acceptors (Lipinski definition) is 5. The summed E-state index contributed by atoms with van der Waals surface area (Å²) in [7, 11) is 0.302. The summed E-state index contributed by atoms with van der Waals surface area (Å²) in [5.41, 5.74) is -0.163. The minimum atomic E-state index is -5.08. The molecule has 164 valence electrons. The van der Waals surface area contributed by atoms with E-state index in [2.05, 4.69) is 4.90 Å². The van der Waals surface area contributed by atoms with Gasteiger partial charge in [0.2, 0.25) is 10.0 Å². The standard InChI is InChI=1S/C15H21FN2O3S.C2HF3O2/c1-17(2)9-15-10-18(7-12(15)8-21-11-15)22(19,20)14-5-3-4-13(16)6-14;3-2(4,5)1(6)7/h3-6,12H,7-11H2,1-2H3;(H,6,7)/t12-,15+;/m1./s1. The minimum Gasteiger partial charge on any atom is -0.475 e. The van der Waals surface area contributed by atoms with Crippen molar-refractivity contribution >= 4 is 16.0 Å². The molecule has 0 unspecified atom stereocenters. The van der Waals surface area contributed by atoms with Crippen LogP contribution in [0.3, 0.4) is 0 Å². The van der Waals surface area contributed by atoms with E-state index in [0.717, 1.165) is 12.6 Å². The van der Waals surface area contributed by atoms with Crippen LogP contribution in [0.1, 0.15) is 0 Å². The first-order valence-corrected chi connectivity index (χ1v) is 10.0. The largest absolute Gasteiger partial charge is 0.490 e. The zero-order valence-electron chi connectivity index (χ0n) is 15.8. The number of hydrogen-bond donors (Lipinski definition) is 1. The highest BCUT2D eigenvalue weighted by Gasteiger charge is 2.53. The van der Waals surface area contributed by atoms with E-state index < -0.39 is 28.0 Å². The van der Waals surface area contributed by atoms with Crippen LogP contribution < -0.4 is 0 Å². The molecule has 2 atom stereocenters. The number of halogens is 4. The molecular formula is C17H22F4N2O5S. The fourth-order valence-electron chi connectivity index (χ4n) is 3.60. The van der Waals surface area contributed by atoms with Gasteiger partial charge in [-0.3, -0.25) is 0 Å². The van der Waals surface area contributed by atoms with Crippen LogP contribution in [0.2, 0.25) is 0 Å². The van der Waals surface area contributed by atoms with E-state index in [0.29, 0.717) is 26.3 Å². The van der Waals surface area contributed by atoms with Gasteiger partial charge in [-0.2, -0.15) is 17.5 Å². The molecule has 3 rings (SSSR count). The summed E-state index contributed by atoms with van der Waals surface area (Å²) in [6, 6.07) is 5.21. The molecule has 1 aromatic carbocycles. The summed E-state index contributed by atoms with van der Waals surface area (Å²) < 4.78 is 77.7. The molecule has 2 aliphatic rings. The molecule has 2 saturated heterocycles. The molecule has 0 saturated carbocycles. The number of rotatable bonds is 4. The molecule has 0 bridgehead atoms. The average molecular weight is 442 g/mol. The molecule has 1 N–H and O–H groups in total. The van der Waals surface area contributed by atoms with Gasteiger partial charge in [0.25, 0.3) is 0 Å². The molecule has 0 aromatic heterocycles. The van der Waals surface area contributed by atoms with Crippen LogP contribution in [0.5, 0.6) is 0 Å². The molecule has 2 aliphatic heterocycles. The van der Waals surface area contributed by atoms with Crippen LogP contribution >= 0.6 is 0 Å². The van der Waals surface area contributed by atoms with Gasteiger partial charge in [-0.15, -0.1) is 0 Å². The summed E-state index contributed by atoms with van der Waals surface area (Å²) >= 11 is 0. The number of alkyl halides is 3. The Kier molecular flexibility index (Phi) is 6.93. The summed E-state index contributed by atoms with van der Waals surface area (Å²) in [6.07, 6.45) is -5.08. The molecule has 1 aromatic rings. The zero-order chi connectivity index (χ0) is 22.0. The first-order chi connectivity index (χ1) is 13.3. The maximum absolute atomic E-state index is 13.4. The Balaban J connectivity index is 0.000000370. The third-order valence-electron chi connectivity index (χ3n) is 4.80. The third kappa shape index (κ3) is 5.44. The molecule has 2 heterocycles. The highest BCUT2D eigenvalue weighted by molar-refractivity contribution is 7.89. The van der Waals surface area contributed by atoms with Crippen LogP contribution in [-0.2, 0) is 19.6 Å². The number of sulfonamides is 1. The molecule has 29 heavy (non-hydrogen) atoms. The number of ether oxygens (including phenoxy) is 1. The van der Waals surface area contributed by atoms with Crippen LogP contribution in [0, 0.1) is 17.2 Å². The predicted octanol–water partition coefficient (Wildman–Crippen LogP) is 1.66. The number of carboxylic acid groups (broad SMARTS) is 1. The van der Waals surface area contributed by atoms with Gasteiger partial charge in [0, 0.05) is 31.0 Å². The van der Waals surface area contributed by atoms with Gasteiger partial charge >= 0.3 is 12.1 Å². The normalized spacial score (nSPS) is 24.9. The number of carboxylic acids is 1. The Morgan fingerprint density at radius 3 is 2.52 bits per heavy atom. The van der Waals surface area contributed by atoms with Gasteiger partial charge in [0.1, 0.15) is 5.82 Å². The average Bonchev–Trinajstić information content (AvgIpc) is 3.10. The van der Waals surface area contributed by atoms with Crippen molar-refractivity contribution in [3.8, 4) is 0 Å². The van der Waals surface area contributed by atoms with E-state index in [4.69, 9.17) is 14.6 Å². The van der Waals surface area contributed by atoms with Crippen molar-refractivity contribution < 1.29 is 40.6 Å². The minimum absolute atomic E-state index is 0.0217. The Morgan fingerprint density at radius 2 is 2.00 bits per heavy atom.